The van der Waals surface area contributed by atoms with E-state index in [0.29, 0.717) is 12.3 Å². The Kier molecular flexibility index (Phi) is 12.2. The Hall–Kier alpha value is -1.11. The Morgan fingerprint density at radius 1 is 1.15 bits per heavy atom. The molecule has 0 aromatic rings. The van der Waals surface area contributed by atoms with Gasteiger partial charge in [-0.2, -0.15) is 0 Å². The van der Waals surface area contributed by atoms with Gasteiger partial charge in [-0.25, -0.2) is 0 Å². The van der Waals surface area contributed by atoms with Crippen LogP contribution in [0.5, 0.6) is 0 Å². The molecular formula is C19H32O. The lowest BCUT2D eigenvalue weighted by molar-refractivity contribution is -0.114. The molecule has 1 saturated carbocycles. The highest BCUT2D eigenvalue weighted by atomic mass is 16.1. The van der Waals surface area contributed by atoms with Crippen LogP contribution < -0.4 is 0 Å². The van der Waals surface area contributed by atoms with Crippen molar-refractivity contribution in [1.29, 1.82) is 0 Å². The minimum Gasteiger partial charge on any atom is -0.295 e. The first kappa shape index (κ1) is 18.9. The SMILES string of the molecule is C/C=C\C=C(/CC)CCC(=O)/C=C/C1CCCC1.CC. The number of allylic oxidation sites excluding steroid dienone is 6. The number of rotatable bonds is 7. The van der Waals surface area contributed by atoms with Crippen molar-refractivity contribution < 1.29 is 4.79 Å². The Bertz CT molecular complexity index is 328. The zero-order valence-electron chi connectivity index (χ0n) is 13.8. The van der Waals surface area contributed by atoms with E-state index in [0.717, 1.165) is 12.8 Å². The Morgan fingerprint density at radius 3 is 2.35 bits per heavy atom. The number of carbonyl (C=O) groups is 1. The third-order valence-electron chi connectivity index (χ3n) is 3.63. The van der Waals surface area contributed by atoms with Gasteiger partial charge < -0.3 is 0 Å². The molecule has 0 aliphatic heterocycles. The molecule has 20 heavy (non-hydrogen) atoms. The molecule has 1 aliphatic carbocycles. The van der Waals surface area contributed by atoms with Gasteiger partial charge in [0, 0.05) is 6.42 Å². The number of hydrogen-bond acceptors (Lipinski definition) is 1. The molecule has 0 radical (unpaired) electrons. The van der Waals surface area contributed by atoms with E-state index in [4.69, 9.17) is 0 Å². The summed E-state index contributed by atoms with van der Waals surface area (Å²) < 4.78 is 0. The zero-order valence-corrected chi connectivity index (χ0v) is 13.8. The van der Waals surface area contributed by atoms with Crippen LogP contribution in [0.3, 0.4) is 0 Å². The maximum atomic E-state index is 11.8. The fourth-order valence-corrected chi connectivity index (χ4v) is 2.37. The molecule has 0 saturated heterocycles. The van der Waals surface area contributed by atoms with E-state index in [-0.39, 0.29) is 5.78 Å². The summed E-state index contributed by atoms with van der Waals surface area (Å²) in [6, 6.07) is 0. The molecule has 0 aromatic heterocycles. The van der Waals surface area contributed by atoms with Crippen molar-refractivity contribution in [2.75, 3.05) is 0 Å². The van der Waals surface area contributed by atoms with Crippen molar-refractivity contribution in [2.45, 2.75) is 72.6 Å². The van der Waals surface area contributed by atoms with Gasteiger partial charge in [0.05, 0.1) is 0 Å². The third-order valence-corrected chi connectivity index (χ3v) is 3.63. The minimum atomic E-state index is 0.279. The molecule has 0 aromatic carbocycles. The second-order valence-corrected chi connectivity index (χ2v) is 5.07. The fourth-order valence-electron chi connectivity index (χ4n) is 2.37. The van der Waals surface area contributed by atoms with Gasteiger partial charge >= 0.3 is 0 Å². The van der Waals surface area contributed by atoms with Gasteiger partial charge in [0.25, 0.3) is 0 Å². The van der Waals surface area contributed by atoms with Crippen LogP contribution in [-0.4, -0.2) is 5.78 Å². The molecular weight excluding hydrogens is 244 g/mol. The van der Waals surface area contributed by atoms with Crippen molar-refractivity contribution in [3.05, 3.63) is 36.0 Å². The average molecular weight is 276 g/mol. The van der Waals surface area contributed by atoms with E-state index >= 15 is 0 Å². The number of carbonyl (C=O) groups excluding carboxylic acids is 1. The maximum absolute atomic E-state index is 11.8. The molecule has 0 amide bonds. The first-order valence-electron chi connectivity index (χ1n) is 8.28. The Labute approximate surface area is 125 Å². The van der Waals surface area contributed by atoms with Crippen LogP contribution >= 0.6 is 0 Å². The van der Waals surface area contributed by atoms with Gasteiger partial charge in [0.2, 0.25) is 0 Å². The van der Waals surface area contributed by atoms with Gasteiger partial charge in [-0.1, -0.05) is 63.5 Å². The topological polar surface area (TPSA) is 17.1 Å². The molecule has 0 bridgehead atoms. The normalized spacial score (nSPS) is 16.7. The van der Waals surface area contributed by atoms with Crippen LogP contribution in [0, 0.1) is 5.92 Å². The fraction of sp³-hybridized carbons (Fsp3) is 0.632. The summed E-state index contributed by atoms with van der Waals surface area (Å²) in [6.07, 6.45) is 17.9. The predicted octanol–water partition coefficient (Wildman–Crippen LogP) is 6.02. The molecule has 0 N–H and O–H groups in total. The molecule has 0 heterocycles. The van der Waals surface area contributed by atoms with Crippen LogP contribution in [0.25, 0.3) is 0 Å². The van der Waals surface area contributed by atoms with Crippen LogP contribution in [-0.2, 0) is 4.79 Å². The quantitative estimate of drug-likeness (QED) is 0.410. The second kappa shape index (κ2) is 12.9. The molecule has 114 valence electrons. The van der Waals surface area contributed by atoms with Gasteiger partial charge in [-0.05, 0) is 44.6 Å². The van der Waals surface area contributed by atoms with E-state index in [1.807, 2.05) is 32.9 Å². The van der Waals surface area contributed by atoms with E-state index in [2.05, 4.69) is 25.2 Å². The lowest BCUT2D eigenvalue weighted by Crippen LogP contribution is -1.96. The average Bonchev–Trinajstić information content (AvgIpc) is 3.01. The largest absolute Gasteiger partial charge is 0.295 e. The molecule has 1 rings (SSSR count). The summed E-state index contributed by atoms with van der Waals surface area (Å²) in [4.78, 5) is 11.8. The van der Waals surface area contributed by atoms with E-state index in [1.54, 1.807) is 0 Å². The van der Waals surface area contributed by atoms with Crippen molar-refractivity contribution in [1.82, 2.24) is 0 Å². The monoisotopic (exact) mass is 276 g/mol. The first-order chi connectivity index (χ1) is 9.76. The summed E-state index contributed by atoms with van der Waals surface area (Å²) >= 11 is 0. The predicted molar refractivity (Wildman–Crippen MR) is 89.9 cm³/mol. The molecule has 1 aliphatic rings. The highest BCUT2D eigenvalue weighted by molar-refractivity contribution is 5.89. The molecule has 0 unspecified atom stereocenters. The number of ketones is 1. The van der Waals surface area contributed by atoms with Crippen LogP contribution in [0.1, 0.15) is 72.6 Å². The maximum Gasteiger partial charge on any atom is 0.155 e. The third kappa shape index (κ3) is 8.90. The highest BCUT2D eigenvalue weighted by Gasteiger charge is 2.11. The van der Waals surface area contributed by atoms with Gasteiger partial charge in [-0.3, -0.25) is 4.79 Å². The van der Waals surface area contributed by atoms with E-state index in [9.17, 15) is 4.79 Å². The molecule has 0 atom stereocenters. The van der Waals surface area contributed by atoms with Crippen molar-refractivity contribution in [3.63, 3.8) is 0 Å². The van der Waals surface area contributed by atoms with Gasteiger partial charge in [-0.15, -0.1) is 0 Å². The molecule has 1 fully saturated rings. The molecule has 1 heteroatoms. The molecule has 1 nitrogen and oxygen atoms in total. The van der Waals surface area contributed by atoms with Crippen LogP contribution in [0.4, 0.5) is 0 Å². The first-order valence-corrected chi connectivity index (χ1v) is 8.28. The van der Waals surface area contributed by atoms with Crippen molar-refractivity contribution in [2.24, 2.45) is 5.92 Å². The Balaban J connectivity index is 0.00000172. The van der Waals surface area contributed by atoms with Crippen LogP contribution in [0.2, 0.25) is 0 Å². The standard InChI is InChI=1S/C17H26O.C2H6/c1-3-5-8-15(4-2)11-13-17(18)14-12-16-9-6-7-10-16;1-2/h3,5,8,12,14,16H,4,6-7,9-11,13H2,1-2H3;1-2H3/b5-3-,14-12+,15-8+;. The summed E-state index contributed by atoms with van der Waals surface area (Å²) in [5.74, 6) is 0.944. The highest BCUT2D eigenvalue weighted by Crippen LogP contribution is 2.25. The van der Waals surface area contributed by atoms with Crippen LogP contribution in [0.15, 0.2) is 36.0 Å². The van der Waals surface area contributed by atoms with Gasteiger partial charge in [0.1, 0.15) is 0 Å². The van der Waals surface area contributed by atoms with Crippen molar-refractivity contribution >= 4 is 5.78 Å². The zero-order chi connectivity index (χ0) is 15.2. The summed E-state index contributed by atoms with van der Waals surface area (Å²) in [5.41, 5.74) is 1.36. The van der Waals surface area contributed by atoms with Crippen molar-refractivity contribution in [3.8, 4) is 0 Å². The smallest absolute Gasteiger partial charge is 0.155 e. The second-order valence-electron chi connectivity index (χ2n) is 5.07. The lowest BCUT2D eigenvalue weighted by Gasteiger charge is -2.02. The Morgan fingerprint density at radius 2 is 1.80 bits per heavy atom. The van der Waals surface area contributed by atoms with E-state index in [1.165, 1.54) is 31.3 Å². The minimum absolute atomic E-state index is 0.279. The van der Waals surface area contributed by atoms with Gasteiger partial charge in [0.15, 0.2) is 5.78 Å². The van der Waals surface area contributed by atoms with E-state index < -0.39 is 0 Å². The summed E-state index contributed by atoms with van der Waals surface area (Å²) in [5, 5.41) is 0. The summed E-state index contributed by atoms with van der Waals surface area (Å²) in [7, 11) is 0. The molecule has 0 spiro atoms. The number of hydrogen-bond donors (Lipinski definition) is 0. The lowest BCUT2D eigenvalue weighted by atomic mass is 10.0. The summed E-state index contributed by atoms with van der Waals surface area (Å²) in [6.45, 7) is 8.16.